The van der Waals surface area contributed by atoms with Crippen LogP contribution >= 0.6 is 23.2 Å². The van der Waals surface area contributed by atoms with Gasteiger partial charge in [0.05, 0.1) is 5.56 Å². The lowest BCUT2D eigenvalue weighted by molar-refractivity contribution is -0.137. The number of rotatable bonds is 4. The minimum Gasteiger partial charge on any atom is -0.481 e. The van der Waals surface area contributed by atoms with Crippen molar-refractivity contribution in [3.05, 3.63) is 69.0 Å². The number of hydrogen-bond donors (Lipinski definition) is 2. The van der Waals surface area contributed by atoms with E-state index in [1.165, 1.54) is 30.3 Å². The van der Waals surface area contributed by atoms with Crippen molar-refractivity contribution in [2.24, 2.45) is 0 Å². The molecule has 1 unspecified atom stereocenters. The third-order valence-electron chi connectivity index (χ3n) is 3.09. The van der Waals surface area contributed by atoms with E-state index in [2.05, 4.69) is 0 Å². The van der Waals surface area contributed by atoms with Crippen molar-refractivity contribution >= 4 is 35.1 Å². The van der Waals surface area contributed by atoms with Crippen LogP contribution < -0.4 is 0 Å². The van der Waals surface area contributed by atoms with Crippen LogP contribution in [-0.2, 0) is 4.79 Å². The van der Waals surface area contributed by atoms with Crippen LogP contribution in [0.5, 0.6) is 0 Å². The monoisotopic (exact) mass is 342 g/mol. The fraction of sp³-hybridized carbons (Fsp3) is 0.0667. The van der Waals surface area contributed by atoms with Crippen LogP contribution in [0, 0.1) is 5.82 Å². The van der Waals surface area contributed by atoms with Crippen LogP contribution in [0.4, 0.5) is 4.39 Å². The molecule has 0 aliphatic carbocycles. The van der Waals surface area contributed by atoms with Gasteiger partial charge in [-0.15, -0.1) is 0 Å². The summed E-state index contributed by atoms with van der Waals surface area (Å²) in [5, 5.41) is 19.0. The zero-order chi connectivity index (χ0) is 16.4. The number of hydrogen-bond acceptors (Lipinski definition) is 2. The summed E-state index contributed by atoms with van der Waals surface area (Å²) >= 11 is 11.8. The third kappa shape index (κ3) is 3.05. The highest BCUT2D eigenvalue weighted by Gasteiger charge is 2.30. The van der Waals surface area contributed by atoms with Gasteiger partial charge in [-0.25, -0.2) is 9.18 Å². The molecular formula is C15H9Cl2FO4. The molecule has 1 atom stereocenters. The molecule has 2 N–H and O–H groups in total. The summed E-state index contributed by atoms with van der Waals surface area (Å²) in [6.45, 7) is 0. The van der Waals surface area contributed by atoms with Gasteiger partial charge in [-0.2, -0.15) is 0 Å². The Kier molecular flexibility index (Phi) is 4.68. The van der Waals surface area contributed by atoms with E-state index >= 15 is 0 Å². The van der Waals surface area contributed by atoms with Crippen molar-refractivity contribution < 1.29 is 24.2 Å². The van der Waals surface area contributed by atoms with E-state index in [4.69, 9.17) is 28.3 Å². The molecule has 0 amide bonds. The molecule has 2 aromatic carbocycles. The minimum absolute atomic E-state index is 0.0560. The van der Waals surface area contributed by atoms with Gasteiger partial charge < -0.3 is 10.2 Å². The van der Waals surface area contributed by atoms with Crippen LogP contribution in [0.2, 0.25) is 10.0 Å². The van der Waals surface area contributed by atoms with E-state index < -0.39 is 29.2 Å². The first-order chi connectivity index (χ1) is 10.3. The topological polar surface area (TPSA) is 74.6 Å². The molecule has 4 nitrogen and oxygen atoms in total. The van der Waals surface area contributed by atoms with Crippen molar-refractivity contribution in [2.75, 3.05) is 0 Å². The number of aliphatic carboxylic acids is 1. The quantitative estimate of drug-likeness (QED) is 0.878. The average molecular weight is 343 g/mol. The normalized spacial score (nSPS) is 12.0. The largest absolute Gasteiger partial charge is 0.481 e. The number of aromatic carboxylic acids is 1. The average Bonchev–Trinajstić information content (AvgIpc) is 2.40. The first-order valence-electron chi connectivity index (χ1n) is 6.02. The van der Waals surface area contributed by atoms with Gasteiger partial charge in [0.15, 0.2) is 0 Å². The molecule has 7 heteroatoms. The molecule has 2 rings (SSSR count). The standard InChI is InChI=1S/C15H9Cl2FO4/c16-7-4-5-8(10(17)6-7)12(14(19)20)9-2-1-3-11(18)13(9)15(21)22/h1-6,12H,(H,19,20)(H,21,22). The summed E-state index contributed by atoms with van der Waals surface area (Å²) in [6, 6.07) is 7.59. The Balaban J connectivity index is 2.71. The van der Waals surface area contributed by atoms with Crippen LogP contribution in [0.1, 0.15) is 27.4 Å². The Bertz CT molecular complexity index is 761. The van der Waals surface area contributed by atoms with E-state index in [0.29, 0.717) is 5.02 Å². The highest BCUT2D eigenvalue weighted by molar-refractivity contribution is 6.35. The summed E-state index contributed by atoms with van der Waals surface area (Å²) in [5.41, 5.74) is -0.753. The van der Waals surface area contributed by atoms with Crippen LogP contribution in [-0.4, -0.2) is 22.2 Å². The van der Waals surface area contributed by atoms with E-state index in [1.54, 1.807) is 0 Å². The zero-order valence-corrected chi connectivity index (χ0v) is 12.4. The molecule has 0 saturated carbocycles. The Morgan fingerprint density at radius 3 is 2.27 bits per heavy atom. The van der Waals surface area contributed by atoms with Gasteiger partial charge in [-0.05, 0) is 29.3 Å². The fourth-order valence-electron chi connectivity index (χ4n) is 2.18. The molecule has 0 heterocycles. The van der Waals surface area contributed by atoms with Crippen LogP contribution in [0.15, 0.2) is 36.4 Å². The molecule has 0 aliphatic heterocycles. The lowest BCUT2D eigenvalue weighted by atomic mass is 9.88. The summed E-state index contributed by atoms with van der Waals surface area (Å²) in [5.74, 6) is -5.34. The maximum Gasteiger partial charge on any atom is 0.339 e. The van der Waals surface area contributed by atoms with Gasteiger partial charge in [0.1, 0.15) is 11.7 Å². The van der Waals surface area contributed by atoms with Crippen LogP contribution in [0.3, 0.4) is 0 Å². The highest BCUT2D eigenvalue weighted by atomic mass is 35.5. The van der Waals surface area contributed by atoms with Crippen LogP contribution in [0.25, 0.3) is 0 Å². The predicted octanol–water partition coefficient (Wildman–Crippen LogP) is 4.05. The smallest absolute Gasteiger partial charge is 0.339 e. The third-order valence-corrected chi connectivity index (χ3v) is 3.65. The molecule has 0 fully saturated rings. The predicted molar refractivity (Wildman–Crippen MR) is 79.3 cm³/mol. The van der Waals surface area contributed by atoms with Crippen molar-refractivity contribution in [1.29, 1.82) is 0 Å². The lowest BCUT2D eigenvalue weighted by Gasteiger charge is -2.17. The highest BCUT2D eigenvalue weighted by Crippen LogP contribution is 2.34. The molecule has 2 aromatic rings. The maximum absolute atomic E-state index is 13.8. The first-order valence-corrected chi connectivity index (χ1v) is 6.78. The SMILES string of the molecule is O=C(O)c1c(F)cccc1C(C(=O)O)c1ccc(Cl)cc1Cl. The number of carboxylic acids is 2. The Hall–Kier alpha value is -2.11. The molecule has 0 aromatic heterocycles. The van der Waals surface area contributed by atoms with Gasteiger partial charge in [0.25, 0.3) is 0 Å². The minimum atomic E-state index is -1.55. The molecule has 22 heavy (non-hydrogen) atoms. The van der Waals surface area contributed by atoms with Gasteiger partial charge >= 0.3 is 11.9 Å². The zero-order valence-electron chi connectivity index (χ0n) is 10.9. The van der Waals surface area contributed by atoms with Gasteiger partial charge in [-0.3, -0.25) is 4.79 Å². The van der Waals surface area contributed by atoms with E-state index in [1.807, 2.05) is 0 Å². The van der Waals surface area contributed by atoms with Crippen molar-refractivity contribution in [2.45, 2.75) is 5.92 Å². The molecule has 0 radical (unpaired) electrons. The molecule has 0 spiro atoms. The second kappa shape index (κ2) is 6.34. The van der Waals surface area contributed by atoms with E-state index in [9.17, 15) is 19.1 Å². The molecule has 0 bridgehead atoms. The molecule has 114 valence electrons. The summed E-state index contributed by atoms with van der Waals surface area (Å²) in [4.78, 5) is 22.9. The summed E-state index contributed by atoms with van der Waals surface area (Å²) < 4.78 is 13.8. The summed E-state index contributed by atoms with van der Waals surface area (Å²) in [6.07, 6.45) is 0. The lowest BCUT2D eigenvalue weighted by Crippen LogP contribution is -2.18. The number of halogens is 3. The number of benzene rings is 2. The van der Waals surface area contributed by atoms with Crippen molar-refractivity contribution in [1.82, 2.24) is 0 Å². The van der Waals surface area contributed by atoms with Crippen molar-refractivity contribution in [3.8, 4) is 0 Å². The number of carboxylic acid groups (broad SMARTS) is 2. The Morgan fingerprint density at radius 2 is 1.73 bits per heavy atom. The molecular weight excluding hydrogens is 334 g/mol. The first kappa shape index (κ1) is 16.3. The van der Waals surface area contributed by atoms with Gasteiger partial charge in [0, 0.05) is 10.0 Å². The maximum atomic E-state index is 13.8. The Labute approximate surface area is 134 Å². The fourth-order valence-corrected chi connectivity index (χ4v) is 2.69. The van der Waals surface area contributed by atoms with E-state index in [-0.39, 0.29) is 16.1 Å². The summed E-state index contributed by atoms with van der Waals surface area (Å²) in [7, 11) is 0. The van der Waals surface area contributed by atoms with Gasteiger partial charge in [0.2, 0.25) is 0 Å². The van der Waals surface area contributed by atoms with Crippen molar-refractivity contribution in [3.63, 3.8) is 0 Å². The second-order valence-corrected chi connectivity index (χ2v) is 5.29. The molecule has 0 saturated heterocycles. The van der Waals surface area contributed by atoms with E-state index in [0.717, 1.165) is 6.07 Å². The number of carbonyl (C=O) groups is 2. The molecule has 0 aliphatic rings. The van der Waals surface area contributed by atoms with Gasteiger partial charge in [-0.1, -0.05) is 41.4 Å². The second-order valence-electron chi connectivity index (χ2n) is 4.45. The Morgan fingerprint density at radius 1 is 1.05 bits per heavy atom.